The average Bonchev–Trinajstić information content (AvgIpc) is 2.94. The van der Waals surface area contributed by atoms with Crippen LogP contribution in [-0.2, 0) is 10.2 Å². The second-order valence-electron chi connectivity index (χ2n) is 6.22. The molecule has 122 valence electrons. The predicted molar refractivity (Wildman–Crippen MR) is 89.3 cm³/mol. The van der Waals surface area contributed by atoms with E-state index in [0.29, 0.717) is 26.2 Å². The summed E-state index contributed by atoms with van der Waals surface area (Å²) < 4.78 is 29.0. The molecule has 0 amide bonds. The minimum Gasteiger partial charge on any atom is -0.195 e. The molecule has 0 aliphatic carbocycles. The molecule has 2 aliphatic heterocycles. The highest BCUT2D eigenvalue weighted by Gasteiger charge is 2.34. The Morgan fingerprint density at radius 1 is 0.909 bits per heavy atom. The van der Waals surface area contributed by atoms with Gasteiger partial charge in [-0.2, -0.15) is 17.0 Å². The van der Waals surface area contributed by atoms with Crippen LogP contribution in [0.1, 0.15) is 43.6 Å². The van der Waals surface area contributed by atoms with Crippen LogP contribution in [0.15, 0.2) is 24.3 Å². The summed E-state index contributed by atoms with van der Waals surface area (Å²) >= 11 is 5.96. The minimum absolute atomic E-state index is 0.261. The van der Waals surface area contributed by atoms with Crippen molar-refractivity contribution in [3.8, 4) is 0 Å². The molecular formula is C16H23ClN2O2S. The summed E-state index contributed by atoms with van der Waals surface area (Å²) in [5, 5.41) is 0.721. The van der Waals surface area contributed by atoms with Crippen LogP contribution in [0.3, 0.4) is 0 Å². The Kier molecular flexibility index (Phi) is 5.07. The van der Waals surface area contributed by atoms with E-state index in [4.69, 9.17) is 11.6 Å². The van der Waals surface area contributed by atoms with E-state index < -0.39 is 10.2 Å². The van der Waals surface area contributed by atoms with Crippen LogP contribution in [-0.4, -0.2) is 43.2 Å². The first-order chi connectivity index (χ1) is 10.6. The molecule has 1 aromatic carbocycles. The number of benzene rings is 1. The van der Waals surface area contributed by atoms with Gasteiger partial charge < -0.3 is 0 Å². The fourth-order valence-corrected chi connectivity index (χ4v) is 5.31. The smallest absolute Gasteiger partial charge is 0.195 e. The van der Waals surface area contributed by atoms with Crippen molar-refractivity contribution in [1.29, 1.82) is 0 Å². The van der Waals surface area contributed by atoms with E-state index in [0.717, 1.165) is 37.1 Å². The summed E-state index contributed by atoms with van der Waals surface area (Å²) in [6.07, 6.45) is 5.01. The highest BCUT2D eigenvalue weighted by atomic mass is 35.5. The van der Waals surface area contributed by atoms with Gasteiger partial charge in [0.1, 0.15) is 0 Å². The van der Waals surface area contributed by atoms with Gasteiger partial charge in [-0.05, 0) is 49.3 Å². The molecule has 2 fully saturated rings. The van der Waals surface area contributed by atoms with E-state index in [9.17, 15) is 8.42 Å². The lowest BCUT2D eigenvalue weighted by Gasteiger charge is -2.28. The first kappa shape index (κ1) is 16.2. The van der Waals surface area contributed by atoms with Gasteiger partial charge in [-0.1, -0.05) is 30.2 Å². The fourth-order valence-electron chi connectivity index (χ4n) is 3.41. The Hall–Kier alpha value is -0.620. The maximum Gasteiger partial charge on any atom is 0.281 e. The molecule has 3 rings (SSSR count). The molecule has 0 radical (unpaired) electrons. The normalized spacial score (nSPS) is 25.2. The van der Waals surface area contributed by atoms with E-state index in [1.165, 1.54) is 5.56 Å². The van der Waals surface area contributed by atoms with Gasteiger partial charge in [0.2, 0.25) is 0 Å². The van der Waals surface area contributed by atoms with E-state index >= 15 is 0 Å². The molecule has 2 saturated heterocycles. The zero-order chi connectivity index (χ0) is 15.6. The average molecular weight is 343 g/mol. The van der Waals surface area contributed by atoms with Crippen LogP contribution in [0.5, 0.6) is 0 Å². The van der Waals surface area contributed by atoms with Crippen LogP contribution >= 0.6 is 11.6 Å². The van der Waals surface area contributed by atoms with E-state index in [1.54, 1.807) is 8.61 Å². The second-order valence-corrected chi connectivity index (χ2v) is 8.58. The zero-order valence-electron chi connectivity index (χ0n) is 12.7. The first-order valence-electron chi connectivity index (χ1n) is 8.08. The third-order valence-electron chi connectivity index (χ3n) is 4.69. The summed E-state index contributed by atoms with van der Waals surface area (Å²) in [6.45, 7) is 2.57. The van der Waals surface area contributed by atoms with Gasteiger partial charge >= 0.3 is 0 Å². The lowest BCUT2D eigenvalue weighted by Crippen LogP contribution is -2.43. The van der Waals surface area contributed by atoms with Crippen LogP contribution in [0.25, 0.3) is 0 Å². The van der Waals surface area contributed by atoms with Gasteiger partial charge in [0.05, 0.1) is 0 Å². The van der Waals surface area contributed by atoms with Crippen molar-refractivity contribution < 1.29 is 8.42 Å². The molecule has 1 aromatic rings. The fraction of sp³-hybridized carbons (Fsp3) is 0.625. The van der Waals surface area contributed by atoms with Crippen LogP contribution in [0, 0.1) is 0 Å². The Balaban J connectivity index is 1.79. The molecule has 4 nitrogen and oxygen atoms in total. The maximum absolute atomic E-state index is 12.8. The predicted octanol–water partition coefficient (Wildman–Crippen LogP) is 3.25. The van der Waals surface area contributed by atoms with Crippen LogP contribution in [0.2, 0.25) is 5.02 Å². The monoisotopic (exact) mass is 342 g/mol. The molecule has 22 heavy (non-hydrogen) atoms. The molecule has 0 saturated carbocycles. The van der Waals surface area contributed by atoms with Gasteiger partial charge in [0.15, 0.2) is 0 Å². The molecular weight excluding hydrogens is 320 g/mol. The SMILES string of the molecule is O=S(=O)(N1CCCC1)N1CCCCC(c2ccc(Cl)cc2)C1. The highest BCUT2D eigenvalue weighted by molar-refractivity contribution is 7.86. The van der Waals surface area contributed by atoms with E-state index in [-0.39, 0.29) is 5.92 Å². The number of nitrogens with zero attached hydrogens (tertiary/aromatic N) is 2. The summed E-state index contributed by atoms with van der Waals surface area (Å²) in [5.41, 5.74) is 1.19. The van der Waals surface area contributed by atoms with Gasteiger partial charge in [0, 0.05) is 31.2 Å². The first-order valence-corrected chi connectivity index (χ1v) is 9.85. The maximum atomic E-state index is 12.8. The summed E-state index contributed by atoms with van der Waals surface area (Å²) in [4.78, 5) is 0. The topological polar surface area (TPSA) is 40.6 Å². The van der Waals surface area contributed by atoms with Crippen LogP contribution in [0.4, 0.5) is 0 Å². The third kappa shape index (κ3) is 3.48. The summed E-state index contributed by atoms with van der Waals surface area (Å²) in [6, 6.07) is 7.83. The van der Waals surface area contributed by atoms with E-state index in [2.05, 4.69) is 0 Å². The molecule has 1 unspecified atom stereocenters. The van der Waals surface area contributed by atoms with Crippen LogP contribution < -0.4 is 0 Å². The molecule has 0 spiro atoms. The number of hydrogen-bond donors (Lipinski definition) is 0. The Morgan fingerprint density at radius 3 is 2.18 bits per heavy atom. The van der Waals surface area contributed by atoms with Crippen molar-refractivity contribution in [1.82, 2.24) is 8.61 Å². The number of hydrogen-bond acceptors (Lipinski definition) is 2. The Labute approximate surface area is 138 Å². The van der Waals surface area contributed by atoms with Crippen molar-refractivity contribution >= 4 is 21.8 Å². The molecule has 2 heterocycles. The highest BCUT2D eigenvalue weighted by Crippen LogP contribution is 2.30. The van der Waals surface area contributed by atoms with E-state index in [1.807, 2.05) is 24.3 Å². The van der Waals surface area contributed by atoms with Gasteiger partial charge in [0.25, 0.3) is 10.2 Å². The van der Waals surface area contributed by atoms with Crippen molar-refractivity contribution in [3.05, 3.63) is 34.9 Å². The number of halogens is 1. The largest absolute Gasteiger partial charge is 0.281 e. The van der Waals surface area contributed by atoms with Crippen molar-refractivity contribution in [3.63, 3.8) is 0 Å². The second kappa shape index (κ2) is 6.87. The Morgan fingerprint density at radius 2 is 1.50 bits per heavy atom. The van der Waals surface area contributed by atoms with Gasteiger partial charge in [-0.15, -0.1) is 0 Å². The quantitative estimate of drug-likeness (QED) is 0.846. The lowest BCUT2D eigenvalue weighted by molar-refractivity contribution is 0.357. The molecule has 0 bridgehead atoms. The zero-order valence-corrected chi connectivity index (χ0v) is 14.3. The molecule has 1 atom stereocenters. The molecule has 0 aromatic heterocycles. The minimum atomic E-state index is -3.29. The standard InChI is InChI=1S/C16H23ClN2O2S/c17-16-8-6-14(7-9-16)15-5-1-2-12-19(13-15)22(20,21)18-10-3-4-11-18/h6-9,15H,1-5,10-13H2. The summed E-state index contributed by atoms with van der Waals surface area (Å²) in [5.74, 6) is 0.261. The van der Waals surface area contributed by atoms with Crippen molar-refractivity contribution in [2.45, 2.75) is 38.0 Å². The van der Waals surface area contributed by atoms with Gasteiger partial charge in [-0.25, -0.2) is 0 Å². The molecule has 0 N–H and O–H groups in total. The molecule has 2 aliphatic rings. The molecule has 6 heteroatoms. The lowest BCUT2D eigenvalue weighted by atomic mass is 9.95. The third-order valence-corrected chi connectivity index (χ3v) is 6.95. The van der Waals surface area contributed by atoms with Crippen molar-refractivity contribution in [2.24, 2.45) is 0 Å². The van der Waals surface area contributed by atoms with Gasteiger partial charge in [-0.3, -0.25) is 0 Å². The van der Waals surface area contributed by atoms with Crippen molar-refractivity contribution in [2.75, 3.05) is 26.2 Å². The number of rotatable bonds is 3. The summed E-state index contributed by atoms with van der Waals surface area (Å²) in [7, 11) is -3.29. The Bertz CT molecular complexity index is 597.